The van der Waals surface area contributed by atoms with E-state index in [2.05, 4.69) is 76.5 Å². The van der Waals surface area contributed by atoms with Gasteiger partial charge < -0.3 is 9.47 Å². The molecule has 0 unspecified atom stereocenters. The van der Waals surface area contributed by atoms with Crippen LogP contribution in [-0.2, 0) is 4.79 Å². The van der Waals surface area contributed by atoms with Crippen LogP contribution in [0.1, 0.15) is 43.2 Å². The predicted molar refractivity (Wildman–Crippen MR) is 132 cm³/mol. The van der Waals surface area contributed by atoms with Crippen molar-refractivity contribution < 1.29 is 4.79 Å². The van der Waals surface area contributed by atoms with Crippen molar-refractivity contribution >= 4 is 11.6 Å². The van der Waals surface area contributed by atoms with Crippen LogP contribution < -0.4 is 4.90 Å². The van der Waals surface area contributed by atoms with Gasteiger partial charge in [0.15, 0.2) is 0 Å². The van der Waals surface area contributed by atoms with E-state index in [0.717, 1.165) is 35.3 Å². The van der Waals surface area contributed by atoms with Gasteiger partial charge in [-0.1, -0.05) is 42.5 Å². The second kappa shape index (κ2) is 8.36. The first-order valence-corrected chi connectivity index (χ1v) is 11.8. The molecule has 33 heavy (non-hydrogen) atoms. The number of carbonyl (C=O) groups excluding carboxylic acids is 1. The van der Waals surface area contributed by atoms with Crippen molar-refractivity contribution in [3.05, 3.63) is 97.1 Å². The quantitative estimate of drug-likeness (QED) is 0.362. The van der Waals surface area contributed by atoms with E-state index in [4.69, 9.17) is 0 Å². The Labute approximate surface area is 194 Å². The second-order valence-electron chi connectivity index (χ2n) is 9.24. The van der Waals surface area contributed by atoms with Crippen molar-refractivity contribution in [3.63, 3.8) is 0 Å². The standard InChI is InChI=1S/C29H27N3O/c33-29-7-4-13-32(29)27-10-8-22(9-11-27)25-15-26(19-30-18-25)23-12-14-31(20-23)28-16-24(17-28)21-5-2-1-3-6-21/h1-3,5-6,8-12,14-15,18-20,24,28H,4,7,13,16-17H2. The molecule has 1 aliphatic heterocycles. The van der Waals surface area contributed by atoms with Crippen LogP contribution >= 0.6 is 0 Å². The number of nitrogens with zero attached hydrogens (tertiary/aromatic N) is 3. The maximum atomic E-state index is 12.0. The number of benzene rings is 2. The lowest BCUT2D eigenvalue weighted by Gasteiger charge is -2.36. The highest BCUT2D eigenvalue weighted by Gasteiger charge is 2.31. The Morgan fingerprint density at radius 1 is 0.818 bits per heavy atom. The zero-order valence-corrected chi connectivity index (χ0v) is 18.6. The predicted octanol–water partition coefficient (Wildman–Crippen LogP) is 6.46. The summed E-state index contributed by atoms with van der Waals surface area (Å²) >= 11 is 0. The van der Waals surface area contributed by atoms with Crippen LogP contribution in [0.2, 0.25) is 0 Å². The lowest BCUT2D eigenvalue weighted by atomic mass is 9.76. The molecule has 2 aromatic carbocycles. The molecule has 164 valence electrons. The first-order valence-electron chi connectivity index (χ1n) is 11.8. The van der Waals surface area contributed by atoms with Crippen molar-refractivity contribution in [1.29, 1.82) is 0 Å². The highest BCUT2D eigenvalue weighted by molar-refractivity contribution is 5.95. The third-order valence-electron chi connectivity index (χ3n) is 7.18. The number of anilines is 1. The van der Waals surface area contributed by atoms with Gasteiger partial charge in [0.05, 0.1) is 0 Å². The highest BCUT2D eigenvalue weighted by atomic mass is 16.2. The van der Waals surface area contributed by atoms with Crippen molar-refractivity contribution in [2.75, 3.05) is 11.4 Å². The van der Waals surface area contributed by atoms with E-state index < -0.39 is 0 Å². The van der Waals surface area contributed by atoms with Crippen LogP contribution in [0, 0.1) is 0 Å². The molecule has 1 amide bonds. The van der Waals surface area contributed by atoms with E-state index in [1.54, 1.807) is 0 Å². The summed E-state index contributed by atoms with van der Waals surface area (Å²) in [5, 5.41) is 0. The van der Waals surface area contributed by atoms with Gasteiger partial charge in [-0.05, 0) is 60.6 Å². The summed E-state index contributed by atoms with van der Waals surface area (Å²) in [7, 11) is 0. The molecule has 0 atom stereocenters. The molecule has 1 aliphatic carbocycles. The average molecular weight is 434 g/mol. The van der Waals surface area contributed by atoms with Gasteiger partial charge in [-0.15, -0.1) is 0 Å². The maximum absolute atomic E-state index is 12.0. The first kappa shape index (κ1) is 20.0. The number of amides is 1. The third-order valence-corrected chi connectivity index (χ3v) is 7.18. The van der Waals surface area contributed by atoms with Gasteiger partial charge >= 0.3 is 0 Å². The Hall–Kier alpha value is -3.66. The Morgan fingerprint density at radius 3 is 2.30 bits per heavy atom. The minimum atomic E-state index is 0.220. The maximum Gasteiger partial charge on any atom is 0.227 e. The summed E-state index contributed by atoms with van der Waals surface area (Å²) < 4.78 is 2.36. The van der Waals surface area contributed by atoms with E-state index in [0.29, 0.717) is 18.4 Å². The molecular weight excluding hydrogens is 406 g/mol. The van der Waals surface area contributed by atoms with Crippen molar-refractivity contribution in [1.82, 2.24) is 9.55 Å². The monoisotopic (exact) mass is 433 g/mol. The van der Waals surface area contributed by atoms with Crippen molar-refractivity contribution in [3.8, 4) is 22.3 Å². The second-order valence-corrected chi connectivity index (χ2v) is 9.24. The van der Waals surface area contributed by atoms with E-state index in [-0.39, 0.29) is 5.91 Å². The molecule has 4 nitrogen and oxygen atoms in total. The molecule has 3 heterocycles. The molecule has 2 aliphatic rings. The molecule has 2 fully saturated rings. The van der Waals surface area contributed by atoms with Crippen LogP contribution in [0.4, 0.5) is 5.69 Å². The summed E-state index contributed by atoms with van der Waals surface area (Å²) in [5.41, 5.74) is 6.97. The van der Waals surface area contributed by atoms with Gasteiger partial charge in [0.1, 0.15) is 0 Å². The summed E-state index contributed by atoms with van der Waals surface area (Å²) in [6, 6.07) is 24.1. The Bertz CT molecular complexity index is 1270. The van der Waals surface area contributed by atoms with Crippen LogP contribution in [0.5, 0.6) is 0 Å². The number of hydrogen-bond acceptors (Lipinski definition) is 2. The number of hydrogen-bond donors (Lipinski definition) is 0. The van der Waals surface area contributed by atoms with Gasteiger partial charge in [0, 0.05) is 66.2 Å². The van der Waals surface area contributed by atoms with E-state index in [1.807, 2.05) is 29.4 Å². The van der Waals surface area contributed by atoms with Crippen LogP contribution in [0.25, 0.3) is 22.3 Å². The normalized spacial score (nSPS) is 20.1. The molecular formula is C29H27N3O. The van der Waals surface area contributed by atoms with E-state index >= 15 is 0 Å². The van der Waals surface area contributed by atoms with E-state index in [9.17, 15) is 4.79 Å². The lowest BCUT2D eigenvalue weighted by Crippen LogP contribution is -2.24. The van der Waals surface area contributed by atoms with Crippen LogP contribution in [0.15, 0.2) is 91.5 Å². The van der Waals surface area contributed by atoms with Gasteiger partial charge in [0.25, 0.3) is 0 Å². The minimum Gasteiger partial charge on any atom is -0.351 e. The van der Waals surface area contributed by atoms with Crippen LogP contribution in [-0.4, -0.2) is 22.0 Å². The summed E-state index contributed by atoms with van der Waals surface area (Å²) in [4.78, 5) is 18.4. The molecule has 0 spiro atoms. The first-order chi connectivity index (χ1) is 16.2. The molecule has 1 saturated heterocycles. The van der Waals surface area contributed by atoms with Crippen molar-refractivity contribution in [2.45, 2.75) is 37.6 Å². The summed E-state index contributed by atoms with van der Waals surface area (Å²) in [5.74, 6) is 0.892. The number of carbonyl (C=O) groups is 1. The molecule has 0 radical (unpaired) electrons. The number of pyridine rings is 1. The van der Waals surface area contributed by atoms with Crippen LogP contribution in [0.3, 0.4) is 0 Å². The van der Waals surface area contributed by atoms with Gasteiger partial charge in [-0.25, -0.2) is 0 Å². The molecule has 6 rings (SSSR count). The fourth-order valence-electron chi connectivity index (χ4n) is 5.15. The Morgan fingerprint density at radius 2 is 1.58 bits per heavy atom. The molecule has 2 aromatic heterocycles. The van der Waals surface area contributed by atoms with Gasteiger partial charge in [-0.3, -0.25) is 9.78 Å². The third kappa shape index (κ3) is 3.86. The fourth-order valence-corrected chi connectivity index (χ4v) is 5.15. The zero-order chi connectivity index (χ0) is 22.2. The smallest absolute Gasteiger partial charge is 0.227 e. The Balaban J connectivity index is 1.17. The topological polar surface area (TPSA) is 38.1 Å². The molecule has 0 bridgehead atoms. The Kier molecular flexibility index (Phi) is 5.06. The SMILES string of the molecule is O=C1CCCN1c1ccc(-c2cncc(-c3ccn(C4CC(c5ccccc5)C4)c3)c2)cc1. The summed E-state index contributed by atoms with van der Waals surface area (Å²) in [6.07, 6.45) is 12.3. The molecule has 4 aromatic rings. The molecule has 0 N–H and O–H groups in total. The van der Waals surface area contributed by atoms with Gasteiger partial charge in [-0.2, -0.15) is 0 Å². The van der Waals surface area contributed by atoms with Crippen molar-refractivity contribution in [2.24, 2.45) is 0 Å². The van der Waals surface area contributed by atoms with E-state index in [1.165, 1.54) is 24.0 Å². The largest absolute Gasteiger partial charge is 0.351 e. The molecule has 1 saturated carbocycles. The molecule has 4 heteroatoms. The number of aromatic nitrogens is 2. The number of rotatable bonds is 5. The average Bonchev–Trinajstić information content (AvgIpc) is 3.49. The fraction of sp³-hybridized carbons (Fsp3) is 0.241. The minimum absolute atomic E-state index is 0.220. The van der Waals surface area contributed by atoms with Gasteiger partial charge in [0.2, 0.25) is 5.91 Å². The highest BCUT2D eigenvalue weighted by Crippen LogP contribution is 2.45. The zero-order valence-electron chi connectivity index (χ0n) is 18.6. The lowest BCUT2D eigenvalue weighted by molar-refractivity contribution is -0.117. The summed E-state index contributed by atoms with van der Waals surface area (Å²) in [6.45, 7) is 0.819.